The lowest BCUT2D eigenvalue weighted by Crippen LogP contribution is -2.51. The molecule has 4 nitrogen and oxygen atoms in total. The maximum atomic E-state index is 13.0. The summed E-state index contributed by atoms with van der Waals surface area (Å²) >= 11 is 0. The normalized spacial score (nSPS) is 31.1. The van der Waals surface area contributed by atoms with Crippen molar-refractivity contribution < 1.29 is 9.53 Å². The summed E-state index contributed by atoms with van der Waals surface area (Å²) in [6, 6.07) is 4.63. The summed E-state index contributed by atoms with van der Waals surface area (Å²) in [6.07, 6.45) is 14.0. The second-order valence-corrected chi connectivity index (χ2v) is 7.36. The molecule has 1 aromatic rings. The number of amides is 1. The first-order chi connectivity index (χ1) is 11.3. The molecular formula is C19H26N2O2. The van der Waals surface area contributed by atoms with Crippen molar-refractivity contribution in [1.82, 2.24) is 9.88 Å². The Hall–Kier alpha value is -1.58. The van der Waals surface area contributed by atoms with Crippen molar-refractivity contribution in [3.63, 3.8) is 0 Å². The van der Waals surface area contributed by atoms with Crippen LogP contribution in [0, 0.1) is 5.92 Å². The largest absolute Gasteiger partial charge is 0.490 e. The molecule has 0 radical (unpaired) electrons. The Kier molecular flexibility index (Phi) is 4.23. The molecule has 1 amide bonds. The van der Waals surface area contributed by atoms with E-state index < -0.39 is 0 Å². The fraction of sp³-hybridized carbons (Fsp3) is 0.684. The van der Waals surface area contributed by atoms with Crippen LogP contribution in [-0.2, 0) is 4.79 Å². The predicted octanol–water partition coefficient (Wildman–Crippen LogP) is 3.56. The molecule has 1 saturated carbocycles. The third-order valence-corrected chi connectivity index (χ3v) is 5.85. The standard InChI is InChI=1S/C19H26N2O2/c22-19(14-4-2-1-3-5-14)21-15-6-7-16(21)13-18(12-15)23-17-8-10-20-11-9-17/h8-11,14-16,18H,1-7,12-13H2. The number of ether oxygens (including phenoxy) is 1. The van der Waals surface area contributed by atoms with Gasteiger partial charge in [0.2, 0.25) is 5.91 Å². The van der Waals surface area contributed by atoms with Crippen molar-refractivity contribution in [1.29, 1.82) is 0 Å². The van der Waals surface area contributed by atoms with Crippen LogP contribution in [-0.4, -0.2) is 34.0 Å². The number of nitrogens with zero attached hydrogens (tertiary/aromatic N) is 2. The number of hydrogen-bond acceptors (Lipinski definition) is 3. The Morgan fingerprint density at radius 3 is 2.30 bits per heavy atom. The average Bonchev–Trinajstić information content (AvgIpc) is 2.87. The molecule has 2 atom stereocenters. The van der Waals surface area contributed by atoms with E-state index in [4.69, 9.17) is 4.74 Å². The highest BCUT2D eigenvalue weighted by atomic mass is 16.5. The third-order valence-electron chi connectivity index (χ3n) is 5.85. The second-order valence-electron chi connectivity index (χ2n) is 7.36. The highest BCUT2D eigenvalue weighted by Crippen LogP contribution is 2.39. The van der Waals surface area contributed by atoms with Gasteiger partial charge in [-0.3, -0.25) is 9.78 Å². The van der Waals surface area contributed by atoms with Crippen molar-refractivity contribution in [2.24, 2.45) is 5.92 Å². The van der Waals surface area contributed by atoms with Gasteiger partial charge in [0.05, 0.1) is 0 Å². The molecule has 2 unspecified atom stereocenters. The highest BCUT2D eigenvalue weighted by Gasteiger charge is 2.45. The minimum absolute atomic E-state index is 0.241. The number of pyridine rings is 1. The first kappa shape index (κ1) is 15.0. The Morgan fingerprint density at radius 1 is 1.00 bits per heavy atom. The number of rotatable bonds is 3. The van der Waals surface area contributed by atoms with E-state index in [9.17, 15) is 4.79 Å². The molecule has 1 aromatic heterocycles. The van der Waals surface area contributed by atoms with E-state index in [0.717, 1.165) is 44.3 Å². The number of hydrogen-bond donors (Lipinski definition) is 0. The van der Waals surface area contributed by atoms with Gasteiger partial charge in [-0.25, -0.2) is 0 Å². The summed E-state index contributed by atoms with van der Waals surface area (Å²) in [7, 11) is 0. The Balaban J connectivity index is 1.40. The van der Waals surface area contributed by atoms with E-state index in [2.05, 4.69) is 9.88 Å². The Labute approximate surface area is 138 Å². The van der Waals surface area contributed by atoms with E-state index >= 15 is 0 Å². The van der Waals surface area contributed by atoms with E-state index in [0.29, 0.717) is 23.9 Å². The lowest BCUT2D eigenvalue weighted by atomic mass is 9.87. The molecule has 2 aliphatic heterocycles. The molecule has 2 saturated heterocycles. The van der Waals surface area contributed by atoms with E-state index in [1.165, 1.54) is 19.3 Å². The third kappa shape index (κ3) is 3.08. The molecule has 0 spiro atoms. The van der Waals surface area contributed by atoms with Gasteiger partial charge in [-0.2, -0.15) is 0 Å². The monoisotopic (exact) mass is 314 g/mol. The van der Waals surface area contributed by atoms with E-state index in [-0.39, 0.29) is 6.10 Å². The van der Waals surface area contributed by atoms with Crippen LogP contribution in [0.4, 0.5) is 0 Å². The lowest BCUT2D eigenvalue weighted by molar-refractivity contribution is -0.142. The van der Waals surface area contributed by atoms with E-state index in [1.54, 1.807) is 12.4 Å². The van der Waals surface area contributed by atoms with E-state index in [1.807, 2.05) is 12.1 Å². The summed E-state index contributed by atoms with van der Waals surface area (Å²) in [5.74, 6) is 1.64. The topological polar surface area (TPSA) is 42.4 Å². The molecule has 23 heavy (non-hydrogen) atoms. The van der Waals surface area contributed by atoms with Crippen LogP contribution in [0.3, 0.4) is 0 Å². The fourth-order valence-electron chi connectivity index (χ4n) is 4.75. The predicted molar refractivity (Wildman–Crippen MR) is 88.1 cm³/mol. The summed E-state index contributed by atoms with van der Waals surface area (Å²) in [5.41, 5.74) is 0. The van der Waals surface area contributed by atoms with Crippen LogP contribution < -0.4 is 4.74 Å². The van der Waals surface area contributed by atoms with Crippen LogP contribution in [0.1, 0.15) is 57.8 Å². The molecule has 3 aliphatic rings. The molecule has 4 heteroatoms. The van der Waals surface area contributed by atoms with Crippen LogP contribution in [0.15, 0.2) is 24.5 Å². The van der Waals surface area contributed by atoms with Gasteiger partial charge >= 0.3 is 0 Å². The smallest absolute Gasteiger partial charge is 0.226 e. The minimum Gasteiger partial charge on any atom is -0.490 e. The summed E-state index contributed by atoms with van der Waals surface area (Å²) in [6.45, 7) is 0. The van der Waals surface area contributed by atoms with Gasteiger partial charge in [0.1, 0.15) is 11.9 Å². The Morgan fingerprint density at radius 2 is 1.65 bits per heavy atom. The number of fused-ring (bicyclic) bond motifs is 2. The van der Waals surface area contributed by atoms with Crippen molar-refractivity contribution >= 4 is 5.91 Å². The number of aromatic nitrogens is 1. The maximum absolute atomic E-state index is 13.0. The first-order valence-corrected chi connectivity index (χ1v) is 9.20. The zero-order chi connectivity index (χ0) is 15.6. The molecule has 3 heterocycles. The van der Waals surface area contributed by atoms with Crippen LogP contribution >= 0.6 is 0 Å². The number of carbonyl (C=O) groups excluding carboxylic acids is 1. The molecule has 3 fully saturated rings. The number of piperidine rings is 1. The van der Waals surface area contributed by atoms with Crippen molar-refractivity contribution in [3.05, 3.63) is 24.5 Å². The van der Waals surface area contributed by atoms with Gasteiger partial charge in [-0.15, -0.1) is 0 Å². The molecule has 0 N–H and O–H groups in total. The van der Waals surface area contributed by atoms with Gasteiger partial charge in [0.15, 0.2) is 0 Å². The Bertz CT molecular complexity index is 528. The molecule has 2 bridgehead atoms. The lowest BCUT2D eigenvalue weighted by Gasteiger charge is -2.41. The van der Waals surface area contributed by atoms with Gasteiger partial charge in [-0.1, -0.05) is 19.3 Å². The summed E-state index contributed by atoms with van der Waals surface area (Å²) < 4.78 is 6.13. The van der Waals surface area contributed by atoms with Gasteiger partial charge in [0, 0.05) is 43.2 Å². The van der Waals surface area contributed by atoms with Crippen molar-refractivity contribution in [2.75, 3.05) is 0 Å². The minimum atomic E-state index is 0.241. The first-order valence-electron chi connectivity index (χ1n) is 9.20. The molecule has 124 valence electrons. The second kappa shape index (κ2) is 6.50. The van der Waals surface area contributed by atoms with Gasteiger partial charge < -0.3 is 9.64 Å². The maximum Gasteiger partial charge on any atom is 0.226 e. The summed E-state index contributed by atoms with van der Waals surface area (Å²) in [5, 5.41) is 0. The number of carbonyl (C=O) groups is 1. The van der Waals surface area contributed by atoms with Crippen LogP contribution in [0.2, 0.25) is 0 Å². The highest BCUT2D eigenvalue weighted by molar-refractivity contribution is 5.80. The molecule has 0 aromatic carbocycles. The molecule has 1 aliphatic carbocycles. The van der Waals surface area contributed by atoms with Crippen molar-refractivity contribution in [2.45, 2.75) is 76.0 Å². The SMILES string of the molecule is O=C(C1CCCCC1)N1C2CCC1CC(Oc1ccncc1)C2. The molecular weight excluding hydrogens is 288 g/mol. The zero-order valence-electron chi connectivity index (χ0n) is 13.7. The van der Waals surface area contributed by atoms with Gasteiger partial charge in [-0.05, 0) is 37.8 Å². The zero-order valence-corrected chi connectivity index (χ0v) is 13.7. The van der Waals surface area contributed by atoms with Gasteiger partial charge in [0.25, 0.3) is 0 Å². The molecule has 4 rings (SSSR count). The fourth-order valence-corrected chi connectivity index (χ4v) is 4.75. The van der Waals surface area contributed by atoms with Crippen LogP contribution in [0.25, 0.3) is 0 Å². The average molecular weight is 314 g/mol. The van der Waals surface area contributed by atoms with Crippen molar-refractivity contribution in [3.8, 4) is 5.75 Å². The quantitative estimate of drug-likeness (QED) is 0.856. The summed E-state index contributed by atoms with van der Waals surface area (Å²) in [4.78, 5) is 19.2. The van der Waals surface area contributed by atoms with Crippen LogP contribution in [0.5, 0.6) is 5.75 Å².